The fraction of sp³-hybridized carbons (Fsp3) is 0.133. The van der Waals surface area contributed by atoms with Crippen LogP contribution in [-0.2, 0) is 6.42 Å². The summed E-state index contributed by atoms with van der Waals surface area (Å²) in [5.74, 6) is 1.23. The van der Waals surface area contributed by atoms with Gasteiger partial charge < -0.3 is 15.7 Å². The molecular weight excluding hydrogens is 320 g/mol. The Morgan fingerprint density at radius 1 is 1.25 bits per heavy atom. The summed E-state index contributed by atoms with van der Waals surface area (Å²) in [6.07, 6.45) is 0.979. The summed E-state index contributed by atoms with van der Waals surface area (Å²) in [5.41, 5.74) is 7.45. The maximum Gasteiger partial charge on any atom is 0.175 e. The van der Waals surface area contributed by atoms with Crippen molar-refractivity contribution in [1.29, 1.82) is 0 Å². The van der Waals surface area contributed by atoms with Crippen LogP contribution in [0.3, 0.4) is 0 Å². The summed E-state index contributed by atoms with van der Waals surface area (Å²) in [5, 5.41) is 11.9. The van der Waals surface area contributed by atoms with Crippen molar-refractivity contribution in [2.45, 2.75) is 13.3 Å². The lowest BCUT2D eigenvalue weighted by atomic mass is 10.1. The lowest BCUT2D eigenvalue weighted by Gasteiger charge is -2.12. The number of ether oxygens (including phenoxy) is 1. The first-order chi connectivity index (χ1) is 9.65. The number of aryl methyl sites for hydroxylation is 1. The number of hydrogen-bond acceptors (Lipinski definition) is 3. The Kier molecular flexibility index (Phi) is 4.63. The fourth-order valence-corrected chi connectivity index (χ4v) is 2.36. The Morgan fingerprint density at radius 3 is 2.55 bits per heavy atom. The molecule has 5 heteroatoms. The molecule has 20 heavy (non-hydrogen) atoms. The standard InChI is InChI=1S/C15H15BrN2O2/c1-2-10-6-8-11(9-7-10)20-13-5-3-4-12(16)14(13)15(17)18-19/h3-9,19H,2H2,1H3,(H2,17,18). The van der Waals surface area contributed by atoms with E-state index in [0.717, 1.165) is 6.42 Å². The average molecular weight is 335 g/mol. The Morgan fingerprint density at radius 2 is 1.95 bits per heavy atom. The zero-order valence-corrected chi connectivity index (χ0v) is 12.6. The van der Waals surface area contributed by atoms with Gasteiger partial charge in [0.1, 0.15) is 11.5 Å². The van der Waals surface area contributed by atoms with E-state index in [9.17, 15) is 0 Å². The van der Waals surface area contributed by atoms with Crippen LogP contribution < -0.4 is 10.5 Å². The van der Waals surface area contributed by atoms with Crippen LogP contribution in [0.5, 0.6) is 11.5 Å². The number of nitrogens with two attached hydrogens (primary N) is 1. The molecule has 2 aromatic rings. The second-order valence-electron chi connectivity index (χ2n) is 4.20. The van der Waals surface area contributed by atoms with Gasteiger partial charge in [-0.05, 0) is 52.2 Å². The van der Waals surface area contributed by atoms with Gasteiger partial charge in [0.05, 0.1) is 5.56 Å². The van der Waals surface area contributed by atoms with E-state index in [0.29, 0.717) is 21.5 Å². The highest BCUT2D eigenvalue weighted by molar-refractivity contribution is 9.10. The molecule has 3 N–H and O–H groups in total. The first-order valence-corrected chi connectivity index (χ1v) is 6.98. The zero-order valence-electron chi connectivity index (χ0n) is 11.0. The summed E-state index contributed by atoms with van der Waals surface area (Å²) in [6.45, 7) is 2.10. The molecule has 2 rings (SSSR count). The van der Waals surface area contributed by atoms with Gasteiger partial charge in [0, 0.05) is 4.47 Å². The molecule has 0 bridgehead atoms. The molecule has 104 valence electrons. The Balaban J connectivity index is 2.35. The van der Waals surface area contributed by atoms with Gasteiger partial charge in [-0.1, -0.05) is 30.3 Å². The average Bonchev–Trinajstić information content (AvgIpc) is 2.47. The summed E-state index contributed by atoms with van der Waals surface area (Å²) in [4.78, 5) is 0. The molecule has 0 aromatic heterocycles. The third-order valence-electron chi connectivity index (χ3n) is 2.90. The van der Waals surface area contributed by atoms with Crippen molar-refractivity contribution in [3.05, 3.63) is 58.1 Å². The third-order valence-corrected chi connectivity index (χ3v) is 3.56. The van der Waals surface area contributed by atoms with Crippen molar-refractivity contribution < 1.29 is 9.94 Å². The molecule has 0 aliphatic heterocycles. The molecule has 0 aliphatic rings. The minimum Gasteiger partial charge on any atom is -0.457 e. The highest BCUT2D eigenvalue weighted by Gasteiger charge is 2.13. The lowest BCUT2D eigenvalue weighted by molar-refractivity contribution is 0.318. The highest BCUT2D eigenvalue weighted by atomic mass is 79.9. The predicted octanol–water partition coefficient (Wildman–Crippen LogP) is 3.90. The molecular formula is C15H15BrN2O2. The van der Waals surface area contributed by atoms with Gasteiger partial charge in [-0.3, -0.25) is 0 Å². The smallest absolute Gasteiger partial charge is 0.175 e. The quantitative estimate of drug-likeness (QED) is 0.385. The largest absolute Gasteiger partial charge is 0.457 e. The van der Waals surface area contributed by atoms with E-state index in [1.807, 2.05) is 30.3 Å². The van der Waals surface area contributed by atoms with Crippen molar-refractivity contribution in [2.24, 2.45) is 10.9 Å². The summed E-state index contributed by atoms with van der Waals surface area (Å²) < 4.78 is 6.51. The van der Waals surface area contributed by atoms with Crippen LogP contribution in [0.4, 0.5) is 0 Å². The molecule has 0 atom stereocenters. The Bertz CT molecular complexity index is 624. The van der Waals surface area contributed by atoms with E-state index >= 15 is 0 Å². The van der Waals surface area contributed by atoms with Gasteiger partial charge in [0.15, 0.2) is 5.84 Å². The fourth-order valence-electron chi connectivity index (χ4n) is 1.81. The normalized spacial score (nSPS) is 11.4. The van der Waals surface area contributed by atoms with Crippen LogP contribution >= 0.6 is 15.9 Å². The molecule has 0 saturated heterocycles. The maximum atomic E-state index is 8.86. The first-order valence-electron chi connectivity index (χ1n) is 6.19. The van der Waals surface area contributed by atoms with E-state index in [1.165, 1.54) is 5.56 Å². The van der Waals surface area contributed by atoms with Crippen molar-refractivity contribution in [3.63, 3.8) is 0 Å². The minimum absolute atomic E-state index is 0.00217. The van der Waals surface area contributed by atoms with Crippen LogP contribution in [0.15, 0.2) is 52.1 Å². The minimum atomic E-state index is -0.00217. The molecule has 0 unspecified atom stereocenters. The number of amidine groups is 1. The summed E-state index contributed by atoms with van der Waals surface area (Å²) in [7, 11) is 0. The molecule has 2 aromatic carbocycles. The molecule has 0 spiro atoms. The van der Waals surface area contributed by atoms with E-state index in [4.69, 9.17) is 15.7 Å². The number of nitrogens with zero attached hydrogens (tertiary/aromatic N) is 1. The van der Waals surface area contributed by atoms with Gasteiger partial charge in [-0.25, -0.2) is 0 Å². The summed E-state index contributed by atoms with van der Waals surface area (Å²) >= 11 is 3.37. The van der Waals surface area contributed by atoms with Crippen molar-refractivity contribution >= 4 is 21.8 Å². The molecule has 0 heterocycles. The van der Waals surface area contributed by atoms with Gasteiger partial charge in [-0.15, -0.1) is 0 Å². The van der Waals surface area contributed by atoms with E-state index in [2.05, 4.69) is 28.0 Å². The van der Waals surface area contributed by atoms with E-state index in [1.54, 1.807) is 12.1 Å². The highest BCUT2D eigenvalue weighted by Crippen LogP contribution is 2.30. The van der Waals surface area contributed by atoms with Gasteiger partial charge in [-0.2, -0.15) is 0 Å². The van der Waals surface area contributed by atoms with Crippen molar-refractivity contribution in [2.75, 3.05) is 0 Å². The van der Waals surface area contributed by atoms with Gasteiger partial charge in [0.2, 0.25) is 0 Å². The Hall–Kier alpha value is -2.01. The second kappa shape index (κ2) is 6.43. The Labute approximate surface area is 126 Å². The molecule has 0 saturated carbocycles. The van der Waals surface area contributed by atoms with E-state index in [-0.39, 0.29) is 5.84 Å². The number of oxime groups is 1. The predicted molar refractivity (Wildman–Crippen MR) is 82.5 cm³/mol. The SMILES string of the molecule is CCc1ccc(Oc2cccc(Br)c2/C(N)=N/O)cc1. The van der Waals surface area contributed by atoms with Gasteiger partial charge >= 0.3 is 0 Å². The topological polar surface area (TPSA) is 67.8 Å². The maximum absolute atomic E-state index is 8.86. The first kappa shape index (κ1) is 14.4. The van der Waals surface area contributed by atoms with Crippen molar-refractivity contribution in [1.82, 2.24) is 0 Å². The van der Waals surface area contributed by atoms with Crippen LogP contribution in [0.2, 0.25) is 0 Å². The van der Waals surface area contributed by atoms with Crippen LogP contribution in [0.25, 0.3) is 0 Å². The molecule has 0 radical (unpaired) electrons. The second-order valence-corrected chi connectivity index (χ2v) is 5.05. The molecule has 0 fully saturated rings. The van der Waals surface area contributed by atoms with Crippen molar-refractivity contribution in [3.8, 4) is 11.5 Å². The van der Waals surface area contributed by atoms with Crippen LogP contribution in [0, 0.1) is 0 Å². The summed E-state index contributed by atoms with van der Waals surface area (Å²) in [6, 6.07) is 13.2. The number of halogens is 1. The number of benzene rings is 2. The lowest BCUT2D eigenvalue weighted by Crippen LogP contribution is -2.15. The molecule has 0 amide bonds. The number of hydrogen-bond donors (Lipinski definition) is 2. The zero-order chi connectivity index (χ0) is 14.5. The van der Waals surface area contributed by atoms with E-state index < -0.39 is 0 Å². The molecule has 0 aliphatic carbocycles. The monoisotopic (exact) mass is 334 g/mol. The number of rotatable bonds is 4. The third kappa shape index (κ3) is 3.11. The van der Waals surface area contributed by atoms with Crippen LogP contribution in [0.1, 0.15) is 18.1 Å². The van der Waals surface area contributed by atoms with Crippen LogP contribution in [-0.4, -0.2) is 11.0 Å². The van der Waals surface area contributed by atoms with Gasteiger partial charge in [0.25, 0.3) is 0 Å². The molecule has 4 nitrogen and oxygen atoms in total.